The summed E-state index contributed by atoms with van der Waals surface area (Å²) >= 11 is 0. The number of pyridine rings is 1. The standard InChI is InChI=1S/C15H19N3O2/c1-19-12-6-3-5-11(9-12)10-14(18-16)13-7-4-8-17-15(13)20-2/h3-9,14,18H,10,16H2,1-2H3. The monoisotopic (exact) mass is 273 g/mol. The van der Waals surface area contributed by atoms with Crippen molar-refractivity contribution in [1.82, 2.24) is 10.4 Å². The van der Waals surface area contributed by atoms with Crippen LogP contribution in [0.25, 0.3) is 0 Å². The van der Waals surface area contributed by atoms with Crippen molar-refractivity contribution in [3.05, 3.63) is 53.7 Å². The van der Waals surface area contributed by atoms with E-state index >= 15 is 0 Å². The zero-order valence-corrected chi connectivity index (χ0v) is 11.7. The lowest BCUT2D eigenvalue weighted by atomic mass is 10.00. The highest BCUT2D eigenvalue weighted by Gasteiger charge is 2.16. The molecule has 0 saturated carbocycles. The third kappa shape index (κ3) is 3.26. The highest BCUT2D eigenvalue weighted by molar-refractivity contribution is 5.33. The summed E-state index contributed by atoms with van der Waals surface area (Å²) in [6.07, 6.45) is 2.41. The van der Waals surface area contributed by atoms with E-state index in [2.05, 4.69) is 10.4 Å². The second kappa shape index (κ2) is 6.88. The predicted molar refractivity (Wildman–Crippen MR) is 77.6 cm³/mol. The molecular formula is C15H19N3O2. The molecule has 1 aromatic heterocycles. The minimum Gasteiger partial charge on any atom is -0.497 e. The SMILES string of the molecule is COc1cccc(CC(NN)c2cccnc2OC)c1. The number of ether oxygens (including phenoxy) is 2. The lowest BCUT2D eigenvalue weighted by molar-refractivity contribution is 0.382. The number of hydrazine groups is 1. The molecule has 2 rings (SSSR count). The quantitative estimate of drug-likeness (QED) is 0.621. The van der Waals surface area contributed by atoms with Crippen LogP contribution in [0.15, 0.2) is 42.6 Å². The minimum atomic E-state index is -0.0780. The van der Waals surface area contributed by atoms with E-state index in [1.54, 1.807) is 20.4 Å². The fraction of sp³-hybridized carbons (Fsp3) is 0.267. The number of rotatable bonds is 6. The van der Waals surface area contributed by atoms with Gasteiger partial charge in [0.25, 0.3) is 0 Å². The van der Waals surface area contributed by atoms with Gasteiger partial charge in [-0.3, -0.25) is 11.3 Å². The average molecular weight is 273 g/mol. The Bertz CT molecular complexity index is 560. The number of benzene rings is 1. The summed E-state index contributed by atoms with van der Waals surface area (Å²) < 4.78 is 10.5. The smallest absolute Gasteiger partial charge is 0.217 e. The van der Waals surface area contributed by atoms with Gasteiger partial charge in [0.05, 0.1) is 20.3 Å². The van der Waals surface area contributed by atoms with Crippen LogP contribution in [-0.4, -0.2) is 19.2 Å². The normalized spacial score (nSPS) is 11.9. The van der Waals surface area contributed by atoms with Gasteiger partial charge in [0.1, 0.15) is 5.75 Å². The van der Waals surface area contributed by atoms with Crippen LogP contribution in [0, 0.1) is 0 Å². The van der Waals surface area contributed by atoms with E-state index in [1.165, 1.54) is 0 Å². The highest BCUT2D eigenvalue weighted by atomic mass is 16.5. The summed E-state index contributed by atoms with van der Waals surface area (Å²) in [5, 5.41) is 0. The molecule has 0 bridgehead atoms. The van der Waals surface area contributed by atoms with Gasteiger partial charge in [-0.25, -0.2) is 4.98 Å². The molecule has 2 aromatic rings. The molecule has 1 unspecified atom stereocenters. The van der Waals surface area contributed by atoms with Gasteiger partial charge >= 0.3 is 0 Å². The Morgan fingerprint density at radius 2 is 2.05 bits per heavy atom. The van der Waals surface area contributed by atoms with E-state index in [4.69, 9.17) is 15.3 Å². The zero-order chi connectivity index (χ0) is 14.4. The fourth-order valence-electron chi connectivity index (χ4n) is 2.13. The van der Waals surface area contributed by atoms with Crippen LogP contribution in [0.4, 0.5) is 0 Å². The van der Waals surface area contributed by atoms with E-state index in [9.17, 15) is 0 Å². The van der Waals surface area contributed by atoms with Crippen molar-refractivity contribution in [1.29, 1.82) is 0 Å². The van der Waals surface area contributed by atoms with Gasteiger partial charge in [-0.15, -0.1) is 0 Å². The maximum Gasteiger partial charge on any atom is 0.217 e. The summed E-state index contributed by atoms with van der Waals surface area (Å²) in [5.74, 6) is 7.09. The van der Waals surface area contributed by atoms with Gasteiger partial charge < -0.3 is 9.47 Å². The Kier molecular flexibility index (Phi) is 4.92. The largest absolute Gasteiger partial charge is 0.497 e. The van der Waals surface area contributed by atoms with Crippen LogP contribution < -0.4 is 20.7 Å². The van der Waals surface area contributed by atoms with Crippen LogP contribution in [0.3, 0.4) is 0 Å². The first-order chi connectivity index (χ1) is 9.78. The average Bonchev–Trinajstić information content (AvgIpc) is 2.52. The number of hydrogen-bond donors (Lipinski definition) is 2. The molecule has 0 aliphatic heterocycles. The van der Waals surface area contributed by atoms with Gasteiger partial charge in [0.2, 0.25) is 5.88 Å². The molecule has 3 N–H and O–H groups in total. The number of aromatic nitrogens is 1. The van der Waals surface area contributed by atoms with Crippen molar-refractivity contribution in [2.24, 2.45) is 5.84 Å². The van der Waals surface area contributed by atoms with Crippen LogP contribution in [-0.2, 0) is 6.42 Å². The maximum absolute atomic E-state index is 5.68. The molecule has 0 aliphatic rings. The Morgan fingerprint density at radius 1 is 1.20 bits per heavy atom. The molecule has 106 valence electrons. The first-order valence-electron chi connectivity index (χ1n) is 6.36. The Labute approximate surface area is 118 Å². The van der Waals surface area contributed by atoms with E-state index in [0.29, 0.717) is 5.88 Å². The van der Waals surface area contributed by atoms with Crippen molar-refractivity contribution >= 4 is 0 Å². The second-order valence-corrected chi connectivity index (χ2v) is 4.38. The van der Waals surface area contributed by atoms with Gasteiger partial charge in [0, 0.05) is 11.8 Å². The van der Waals surface area contributed by atoms with Crippen molar-refractivity contribution in [3.8, 4) is 11.6 Å². The van der Waals surface area contributed by atoms with Crippen molar-refractivity contribution < 1.29 is 9.47 Å². The lowest BCUT2D eigenvalue weighted by Gasteiger charge is -2.18. The van der Waals surface area contributed by atoms with Crippen molar-refractivity contribution in [3.63, 3.8) is 0 Å². The summed E-state index contributed by atoms with van der Waals surface area (Å²) in [5.41, 5.74) is 4.87. The molecule has 0 saturated heterocycles. The highest BCUT2D eigenvalue weighted by Crippen LogP contribution is 2.26. The molecule has 1 atom stereocenters. The molecule has 1 heterocycles. The van der Waals surface area contributed by atoms with Gasteiger partial charge in [-0.2, -0.15) is 0 Å². The third-order valence-electron chi connectivity index (χ3n) is 3.14. The summed E-state index contributed by atoms with van der Waals surface area (Å²) in [4.78, 5) is 4.20. The van der Waals surface area contributed by atoms with Crippen LogP contribution in [0.5, 0.6) is 11.6 Å². The molecule has 0 aliphatic carbocycles. The zero-order valence-electron chi connectivity index (χ0n) is 11.7. The van der Waals surface area contributed by atoms with Crippen LogP contribution >= 0.6 is 0 Å². The first-order valence-corrected chi connectivity index (χ1v) is 6.36. The van der Waals surface area contributed by atoms with Gasteiger partial charge in [0.15, 0.2) is 0 Å². The maximum atomic E-state index is 5.68. The Morgan fingerprint density at radius 3 is 2.75 bits per heavy atom. The van der Waals surface area contributed by atoms with Gasteiger partial charge in [-0.05, 0) is 30.2 Å². The molecule has 5 nitrogen and oxygen atoms in total. The first kappa shape index (κ1) is 14.3. The molecule has 1 aromatic carbocycles. The van der Waals surface area contributed by atoms with Gasteiger partial charge in [-0.1, -0.05) is 18.2 Å². The van der Waals surface area contributed by atoms with Crippen LogP contribution in [0.2, 0.25) is 0 Å². The second-order valence-electron chi connectivity index (χ2n) is 4.38. The number of nitrogens with one attached hydrogen (secondary N) is 1. The molecule has 0 spiro atoms. The summed E-state index contributed by atoms with van der Waals surface area (Å²) in [6, 6.07) is 11.7. The topological polar surface area (TPSA) is 69.4 Å². The molecule has 20 heavy (non-hydrogen) atoms. The molecule has 0 amide bonds. The number of methoxy groups -OCH3 is 2. The van der Waals surface area contributed by atoms with Crippen LogP contribution in [0.1, 0.15) is 17.2 Å². The van der Waals surface area contributed by atoms with E-state index in [-0.39, 0.29) is 6.04 Å². The van der Waals surface area contributed by atoms with E-state index in [0.717, 1.165) is 23.3 Å². The molecule has 5 heteroatoms. The Balaban J connectivity index is 2.24. The van der Waals surface area contributed by atoms with Crippen molar-refractivity contribution in [2.75, 3.05) is 14.2 Å². The van der Waals surface area contributed by atoms with Crippen molar-refractivity contribution in [2.45, 2.75) is 12.5 Å². The third-order valence-corrected chi connectivity index (χ3v) is 3.14. The predicted octanol–water partition coefficient (Wildman–Crippen LogP) is 1.85. The minimum absolute atomic E-state index is 0.0780. The van der Waals surface area contributed by atoms with E-state index < -0.39 is 0 Å². The van der Waals surface area contributed by atoms with E-state index in [1.807, 2.05) is 36.4 Å². The number of nitrogens with zero attached hydrogens (tertiary/aromatic N) is 1. The molecule has 0 radical (unpaired) electrons. The number of hydrogen-bond acceptors (Lipinski definition) is 5. The molecule has 0 fully saturated rings. The summed E-state index contributed by atoms with van der Waals surface area (Å²) in [7, 11) is 3.26. The lowest BCUT2D eigenvalue weighted by Crippen LogP contribution is -2.30. The molecular weight excluding hydrogens is 254 g/mol. The number of nitrogens with two attached hydrogens (primary N) is 1. The summed E-state index contributed by atoms with van der Waals surface area (Å²) in [6.45, 7) is 0. The fourth-order valence-corrected chi connectivity index (χ4v) is 2.13. The Hall–Kier alpha value is -2.11.